The molecule has 0 aliphatic carbocycles. The van der Waals surface area contributed by atoms with Gasteiger partial charge in [0.2, 0.25) is 0 Å². The highest BCUT2D eigenvalue weighted by atomic mass is 79.9. The zero-order chi connectivity index (χ0) is 13.0. The van der Waals surface area contributed by atoms with Crippen molar-refractivity contribution in [3.63, 3.8) is 0 Å². The van der Waals surface area contributed by atoms with Crippen LogP contribution in [0.25, 0.3) is 0 Å². The number of aromatic nitrogens is 1. The average Bonchev–Trinajstić information content (AvgIpc) is 2.38. The van der Waals surface area contributed by atoms with Crippen LogP contribution in [-0.4, -0.2) is 27.5 Å². The van der Waals surface area contributed by atoms with E-state index in [1.165, 1.54) is 31.2 Å². The summed E-state index contributed by atoms with van der Waals surface area (Å²) in [5.41, 5.74) is 0.548. The molecule has 0 bridgehead atoms. The Kier molecular flexibility index (Phi) is 4.82. The molecule has 0 amide bonds. The number of nitro groups is 1. The van der Waals surface area contributed by atoms with E-state index in [0.29, 0.717) is 15.4 Å². The van der Waals surface area contributed by atoms with E-state index in [0.717, 1.165) is 6.54 Å². The molecule has 1 saturated heterocycles. The van der Waals surface area contributed by atoms with Crippen LogP contribution in [0.15, 0.2) is 16.9 Å². The van der Waals surface area contributed by atoms with Crippen LogP contribution in [0.5, 0.6) is 0 Å². The van der Waals surface area contributed by atoms with Crippen LogP contribution in [0.2, 0.25) is 0 Å². The molecule has 1 aliphatic heterocycles. The predicted octanol–water partition coefficient (Wildman–Crippen LogP) is 3.45. The van der Waals surface area contributed by atoms with Crippen molar-refractivity contribution in [1.82, 2.24) is 4.98 Å². The van der Waals surface area contributed by atoms with Gasteiger partial charge in [-0.3, -0.25) is 15.1 Å². The molecular weight excluding hydrogens is 318 g/mol. The molecule has 1 aromatic heterocycles. The van der Waals surface area contributed by atoms with Gasteiger partial charge in [-0.05, 0) is 34.5 Å². The summed E-state index contributed by atoms with van der Waals surface area (Å²) in [6.45, 7) is 0.758. The van der Waals surface area contributed by atoms with Gasteiger partial charge >= 0.3 is 5.69 Å². The summed E-state index contributed by atoms with van der Waals surface area (Å²) >= 11 is 5.24. The van der Waals surface area contributed by atoms with Crippen molar-refractivity contribution in [1.29, 1.82) is 0 Å². The van der Waals surface area contributed by atoms with E-state index >= 15 is 0 Å². The SMILES string of the molecule is O=[N+]([O-])c1cncc(Br)c1NCC1CCCCS1. The summed E-state index contributed by atoms with van der Waals surface area (Å²) in [5.74, 6) is 1.19. The van der Waals surface area contributed by atoms with Crippen LogP contribution in [0.1, 0.15) is 19.3 Å². The van der Waals surface area contributed by atoms with Crippen molar-refractivity contribution >= 4 is 39.1 Å². The summed E-state index contributed by atoms with van der Waals surface area (Å²) in [7, 11) is 0. The van der Waals surface area contributed by atoms with Gasteiger partial charge in [0.05, 0.1) is 9.40 Å². The Morgan fingerprint density at radius 2 is 2.39 bits per heavy atom. The molecule has 2 rings (SSSR count). The number of rotatable bonds is 4. The van der Waals surface area contributed by atoms with Crippen molar-refractivity contribution in [2.75, 3.05) is 17.6 Å². The number of pyridine rings is 1. The molecule has 98 valence electrons. The van der Waals surface area contributed by atoms with Gasteiger partial charge in [-0.2, -0.15) is 11.8 Å². The fraction of sp³-hybridized carbons (Fsp3) is 0.545. The number of nitrogens with one attached hydrogen (secondary N) is 1. The second-order valence-electron chi connectivity index (χ2n) is 4.14. The molecule has 5 nitrogen and oxygen atoms in total. The Morgan fingerprint density at radius 3 is 3.06 bits per heavy atom. The molecule has 18 heavy (non-hydrogen) atoms. The highest BCUT2D eigenvalue weighted by Gasteiger charge is 2.19. The molecule has 1 fully saturated rings. The van der Waals surface area contributed by atoms with Crippen molar-refractivity contribution in [3.05, 3.63) is 27.0 Å². The Morgan fingerprint density at radius 1 is 1.56 bits per heavy atom. The van der Waals surface area contributed by atoms with Crippen molar-refractivity contribution < 1.29 is 4.92 Å². The van der Waals surface area contributed by atoms with Crippen molar-refractivity contribution in [2.45, 2.75) is 24.5 Å². The topological polar surface area (TPSA) is 68.1 Å². The van der Waals surface area contributed by atoms with Gasteiger partial charge in [-0.15, -0.1) is 0 Å². The monoisotopic (exact) mass is 331 g/mol. The minimum Gasteiger partial charge on any atom is -0.377 e. The summed E-state index contributed by atoms with van der Waals surface area (Å²) in [6.07, 6.45) is 6.55. The van der Waals surface area contributed by atoms with Crippen molar-refractivity contribution in [3.8, 4) is 0 Å². The summed E-state index contributed by atoms with van der Waals surface area (Å²) < 4.78 is 0.637. The number of halogens is 1. The standard InChI is InChI=1S/C11H14BrN3O2S/c12-9-6-13-7-10(15(16)17)11(9)14-5-8-3-1-2-4-18-8/h6-8H,1-5H2,(H,13,14). The lowest BCUT2D eigenvalue weighted by Crippen LogP contribution is -2.20. The zero-order valence-corrected chi connectivity index (χ0v) is 12.2. The van der Waals surface area contributed by atoms with Crippen LogP contribution in [0, 0.1) is 10.1 Å². The molecule has 0 spiro atoms. The van der Waals surface area contributed by atoms with Gasteiger partial charge in [-0.1, -0.05) is 6.42 Å². The number of hydrogen-bond acceptors (Lipinski definition) is 5. The van der Waals surface area contributed by atoms with Gasteiger partial charge in [0.25, 0.3) is 0 Å². The van der Waals surface area contributed by atoms with E-state index in [1.807, 2.05) is 11.8 Å². The lowest BCUT2D eigenvalue weighted by molar-refractivity contribution is -0.384. The highest BCUT2D eigenvalue weighted by molar-refractivity contribution is 9.10. The average molecular weight is 332 g/mol. The second kappa shape index (κ2) is 6.38. The molecule has 7 heteroatoms. The van der Waals surface area contributed by atoms with E-state index < -0.39 is 4.92 Å². The maximum Gasteiger partial charge on any atom is 0.311 e. The zero-order valence-electron chi connectivity index (χ0n) is 9.76. The summed E-state index contributed by atoms with van der Waals surface area (Å²) in [5, 5.41) is 14.6. The molecular formula is C11H14BrN3O2S. The fourth-order valence-electron chi connectivity index (χ4n) is 1.92. The van der Waals surface area contributed by atoms with Gasteiger partial charge in [-0.25, -0.2) is 0 Å². The largest absolute Gasteiger partial charge is 0.377 e. The number of thioether (sulfide) groups is 1. The lowest BCUT2D eigenvalue weighted by Gasteiger charge is -2.22. The smallest absolute Gasteiger partial charge is 0.311 e. The van der Waals surface area contributed by atoms with Crippen LogP contribution in [0.4, 0.5) is 11.4 Å². The first kappa shape index (κ1) is 13.6. The van der Waals surface area contributed by atoms with Gasteiger partial charge in [0.1, 0.15) is 11.9 Å². The second-order valence-corrected chi connectivity index (χ2v) is 6.40. The van der Waals surface area contributed by atoms with E-state index in [2.05, 4.69) is 26.2 Å². The molecule has 1 atom stereocenters. The molecule has 1 aromatic rings. The van der Waals surface area contributed by atoms with Crippen LogP contribution < -0.4 is 5.32 Å². The quantitative estimate of drug-likeness (QED) is 0.676. The third kappa shape index (κ3) is 3.35. The van der Waals surface area contributed by atoms with E-state index in [4.69, 9.17) is 0 Å². The first-order valence-electron chi connectivity index (χ1n) is 5.82. The minimum absolute atomic E-state index is 0.0187. The third-order valence-electron chi connectivity index (χ3n) is 2.86. The number of nitrogens with zero attached hydrogens (tertiary/aromatic N) is 2. The molecule has 1 N–H and O–H groups in total. The van der Waals surface area contributed by atoms with E-state index in [1.54, 1.807) is 6.20 Å². The maximum atomic E-state index is 10.9. The summed E-state index contributed by atoms with van der Waals surface area (Å²) in [6, 6.07) is 0. The van der Waals surface area contributed by atoms with E-state index in [-0.39, 0.29) is 5.69 Å². The van der Waals surface area contributed by atoms with Gasteiger partial charge in [0.15, 0.2) is 0 Å². The molecule has 2 heterocycles. The highest BCUT2D eigenvalue weighted by Crippen LogP contribution is 2.32. The maximum absolute atomic E-state index is 10.9. The molecule has 0 aromatic carbocycles. The third-order valence-corrected chi connectivity index (χ3v) is 4.86. The Bertz CT molecular complexity index is 438. The summed E-state index contributed by atoms with van der Waals surface area (Å²) in [4.78, 5) is 14.3. The van der Waals surface area contributed by atoms with Crippen molar-refractivity contribution in [2.24, 2.45) is 0 Å². The Balaban J connectivity index is 2.05. The first-order chi connectivity index (χ1) is 8.68. The lowest BCUT2D eigenvalue weighted by atomic mass is 10.2. The van der Waals surface area contributed by atoms with Crippen LogP contribution in [0.3, 0.4) is 0 Å². The number of hydrogen-bond donors (Lipinski definition) is 1. The molecule has 1 aliphatic rings. The number of anilines is 1. The Labute approximate surface area is 118 Å². The fourth-order valence-corrected chi connectivity index (χ4v) is 3.62. The van der Waals surface area contributed by atoms with Crippen LogP contribution >= 0.6 is 27.7 Å². The normalized spacial score (nSPS) is 19.5. The van der Waals surface area contributed by atoms with Crippen LogP contribution in [-0.2, 0) is 0 Å². The van der Waals surface area contributed by atoms with E-state index in [9.17, 15) is 10.1 Å². The minimum atomic E-state index is -0.409. The Hall–Kier alpha value is -0.820. The predicted molar refractivity (Wildman–Crippen MR) is 77.2 cm³/mol. The van der Waals surface area contributed by atoms with Gasteiger partial charge < -0.3 is 5.32 Å². The molecule has 0 saturated carbocycles. The molecule has 1 unspecified atom stereocenters. The van der Waals surface area contributed by atoms with Gasteiger partial charge in [0, 0.05) is 18.0 Å². The first-order valence-corrected chi connectivity index (χ1v) is 7.66. The molecule has 0 radical (unpaired) electrons.